The van der Waals surface area contributed by atoms with Gasteiger partial charge in [0.1, 0.15) is 24.4 Å². The van der Waals surface area contributed by atoms with Crippen molar-refractivity contribution in [3.05, 3.63) is 0 Å². The molecule has 0 spiro atoms. The fourth-order valence-corrected chi connectivity index (χ4v) is 3.51. The number of carbonyl (C=O) groups is 6. The number of aliphatic hydroxyl groups excluding tert-OH is 1. The van der Waals surface area contributed by atoms with E-state index in [0.717, 1.165) is 0 Å². The van der Waals surface area contributed by atoms with Gasteiger partial charge in [0, 0.05) is 13.0 Å². The molecular weight excluding hydrogens is 540 g/mol. The minimum Gasteiger partial charge on any atom is -0.391 e. The Kier molecular flexibility index (Phi) is 18.2. The number of hydrogen-bond acceptors (Lipinski definition) is 10. The van der Waals surface area contributed by atoms with E-state index in [-0.39, 0.29) is 44.6 Å². The molecule has 0 aliphatic carbocycles. The fraction of sp³-hybridized carbons (Fsp3) is 0.708. The third-order valence-corrected chi connectivity index (χ3v) is 5.83. The first kappa shape index (κ1) is 37.2. The number of aldehydes is 1. The summed E-state index contributed by atoms with van der Waals surface area (Å²) in [6.45, 7) is 3.19. The molecule has 0 saturated heterocycles. The van der Waals surface area contributed by atoms with Crippen molar-refractivity contribution in [1.29, 1.82) is 0 Å². The zero-order chi connectivity index (χ0) is 31.5. The van der Waals surface area contributed by atoms with E-state index in [4.69, 9.17) is 28.7 Å². The lowest BCUT2D eigenvalue weighted by molar-refractivity contribution is -0.136. The van der Waals surface area contributed by atoms with Gasteiger partial charge in [-0.25, -0.2) is 0 Å². The average Bonchev–Trinajstić information content (AvgIpc) is 2.89. The first-order valence-electron chi connectivity index (χ1n) is 13.4. The van der Waals surface area contributed by atoms with Gasteiger partial charge in [0.2, 0.25) is 29.5 Å². The van der Waals surface area contributed by atoms with Gasteiger partial charge in [0.25, 0.3) is 0 Å². The predicted molar refractivity (Wildman–Crippen MR) is 150 cm³/mol. The molecule has 0 aliphatic heterocycles. The Hall–Kier alpha value is -3.83. The van der Waals surface area contributed by atoms with Gasteiger partial charge in [0.05, 0.1) is 18.2 Å². The van der Waals surface area contributed by atoms with Gasteiger partial charge in [-0.15, -0.1) is 0 Å². The predicted octanol–water partition coefficient (Wildman–Crippen LogP) is -4.70. The normalized spacial score (nSPS) is 15.1. The lowest BCUT2D eigenvalue weighted by Crippen LogP contribution is -2.60. The number of nitrogens with two attached hydrogens (primary N) is 5. The molecule has 0 saturated carbocycles. The monoisotopic (exact) mass is 586 g/mol. The van der Waals surface area contributed by atoms with E-state index in [1.54, 1.807) is 0 Å². The molecule has 0 bridgehead atoms. The summed E-state index contributed by atoms with van der Waals surface area (Å²) in [5.74, 6) is -3.81. The lowest BCUT2D eigenvalue weighted by Gasteiger charge is -2.27. The van der Waals surface area contributed by atoms with E-state index in [2.05, 4.69) is 26.3 Å². The Morgan fingerprint density at radius 1 is 0.805 bits per heavy atom. The van der Waals surface area contributed by atoms with Crippen LogP contribution in [-0.2, 0) is 28.8 Å². The Balaban J connectivity index is 5.69. The zero-order valence-electron chi connectivity index (χ0n) is 23.6. The number of primary amides is 1. The highest BCUT2D eigenvalue weighted by Gasteiger charge is 2.32. The van der Waals surface area contributed by atoms with Crippen molar-refractivity contribution in [3.8, 4) is 0 Å². The Labute approximate surface area is 239 Å². The lowest BCUT2D eigenvalue weighted by atomic mass is 10.0. The summed E-state index contributed by atoms with van der Waals surface area (Å²) in [6.07, 6.45) is 0.349. The molecule has 0 aromatic heterocycles. The number of hydrogen-bond donors (Lipinski definition) is 10. The highest BCUT2D eigenvalue weighted by atomic mass is 16.3. The van der Waals surface area contributed by atoms with Crippen molar-refractivity contribution >= 4 is 41.8 Å². The molecule has 15 N–H and O–H groups in total. The Bertz CT molecular complexity index is 909. The second-order valence-corrected chi connectivity index (χ2v) is 9.63. The third kappa shape index (κ3) is 16.1. The van der Waals surface area contributed by atoms with Crippen LogP contribution in [0.5, 0.6) is 0 Å². The number of nitrogens with zero attached hydrogens (tertiary/aromatic N) is 1. The van der Waals surface area contributed by atoms with E-state index in [1.165, 1.54) is 13.8 Å². The van der Waals surface area contributed by atoms with Crippen molar-refractivity contribution in [2.24, 2.45) is 33.7 Å². The summed E-state index contributed by atoms with van der Waals surface area (Å²) in [5, 5.41) is 20.1. The average molecular weight is 587 g/mol. The number of aliphatic hydroxyl groups is 1. The van der Waals surface area contributed by atoms with E-state index < -0.39 is 65.8 Å². The SMILES string of the molecule is C[C@H](N)C(=O)N[C@@H](CCCN=C(N)N)C(=O)N[C@H](C(=O)N[C@@H](CCCCN)C(=O)N[C@H](C=O)CCC(N)=O)[C@@H](C)O. The Morgan fingerprint density at radius 3 is 1.85 bits per heavy atom. The Morgan fingerprint density at radius 2 is 1.37 bits per heavy atom. The van der Waals surface area contributed by atoms with Crippen LogP contribution in [0.2, 0.25) is 0 Å². The molecule has 0 heterocycles. The van der Waals surface area contributed by atoms with Crippen molar-refractivity contribution < 1.29 is 33.9 Å². The first-order valence-corrected chi connectivity index (χ1v) is 13.4. The van der Waals surface area contributed by atoms with Gasteiger partial charge in [-0.1, -0.05) is 0 Å². The number of guanidine groups is 1. The number of aliphatic imine (C=N–C) groups is 1. The number of rotatable bonds is 21. The van der Waals surface area contributed by atoms with E-state index >= 15 is 0 Å². The van der Waals surface area contributed by atoms with Crippen LogP contribution >= 0.6 is 0 Å². The summed E-state index contributed by atoms with van der Waals surface area (Å²) in [5.41, 5.74) is 26.8. The molecule has 0 radical (unpaired) electrons. The summed E-state index contributed by atoms with van der Waals surface area (Å²) >= 11 is 0. The summed E-state index contributed by atoms with van der Waals surface area (Å²) in [6, 6.07) is -5.76. The highest BCUT2D eigenvalue weighted by molar-refractivity contribution is 5.95. The first-order chi connectivity index (χ1) is 19.2. The molecule has 234 valence electrons. The van der Waals surface area contributed by atoms with E-state index in [0.29, 0.717) is 25.7 Å². The maximum absolute atomic E-state index is 13.2. The number of carbonyl (C=O) groups excluding carboxylic acids is 6. The standard InChI is InChI=1S/C24H46N10O7/c1-13(26)20(38)32-17(7-5-11-30-24(28)29)22(40)34-19(14(2)36)23(41)33-16(6-3-4-10-25)21(39)31-15(12-35)8-9-18(27)37/h12-17,19,36H,3-11,25-26H2,1-2H3,(H2,27,37)(H,31,39)(H,32,38)(H,33,41)(H,34,40)(H4,28,29,30)/t13-,14+,15-,16-,17-,19-/m0/s1. The van der Waals surface area contributed by atoms with Gasteiger partial charge in [-0.3, -0.25) is 29.0 Å². The van der Waals surface area contributed by atoms with Crippen molar-refractivity contribution in [2.75, 3.05) is 13.1 Å². The van der Waals surface area contributed by atoms with Crippen LogP contribution in [0.15, 0.2) is 4.99 Å². The van der Waals surface area contributed by atoms with Gasteiger partial charge in [-0.2, -0.15) is 0 Å². The third-order valence-electron chi connectivity index (χ3n) is 5.83. The summed E-state index contributed by atoms with van der Waals surface area (Å²) in [7, 11) is 0. The molecule has 0 aromatic carbocycles. The van der Waals surface area contributed by atoms with Gasteiger partial charge < -0.3 is 59.8 Å². The van der Waals surface area contributed by atoms with Crippen LogP contribution < -0.4 is 49.9 Å². The number of unbranched alkanes of at least 4 members (excludes halogenated alkanes) is 1. The van der Waals surface area contributed by atoms with Crippen LogP contribution in [0.4, 0.5) is 0 Å². The summed E-state index contributed by atoms with van der Waals surface area (Å²) < 4.78 is 0. The van der Waals surface area contributed by atoms with Crippen molar-refractivity contribution in [1.82, 2.24) is 21.3 Å². The van der Waals surface area contributed by atoms with E-state index in [9.17, 15) is 33.9 Å². The van der Waals surface area contributed by atoms with E-state index in [1.807, 2.05) is 0 Å². The number of nitrogens with one attached hydrogen (secondary N) is 4. The molecule has 5 amide bonds. The molecule has 17 heteroatoms. The van der Waals surface area contributed by atoms with Gasteiger partial charge in [-0.05, 0) is 58.9 Å². The molecule has 0 fully saturated rings. The van der Waals surface area contributed by atoms with Crippen LogP contribution in [0, 0.1) is 0 Å². The number of amides is 5. The fourth-order valence-electron chi connectivity index (χ4n) is 3.51. The molecular formula is C24H46N10O7. The minimum atomic E-state index is -1.52. The van der Waals surface area contributed by atoms with Gasteiger partial charge in [0.15, 0.2) is 5.96 Å². The smallest absolute Gasteiger partial charge is 0.245 e. The van der Waals surface area contributed by atoms with Crippen LogP contribution in [0.25, 0.3) is 0 Å². The molecule has 17 nitrogen and oxygen atoms in total. The largest absolute Gasteiger partial charge is 0.391 e. The van der Waals surface area contributed by atoms with Crippen LogP contribution in [0.1, 0.15) is 58.8 Å². The minimum absolute atomic E-state index is 0.0297. The zero-order valence-corrected chi connectivity index (χ0v) is 23.6. The van der Waals surface area contributed by atoms with Gasteiger partial charge >= 0.3 is 0 Å². The molecule has 0 aromatic rings. The second-order valence-electron chi connectivity index (χ2n) is 9.63. The van der Waals surface area contributed by atoms with Crippen LogP contribution in [-0.4, -0.2) is 96.3 Å². The molecule has 0 rings (SSSR count). The quantitative estimate of drug-likeness (QED) is 0.0263. The molecule has 41 heavy (non-hydrogen) atoms. The van der Waals surface area contributed by atoms with Crippen molar-refractivity contribution in [3.63, 3.8) is 0 Å². The molecule has 6 atom stereocenters. The van der Waals surface area contributed by atoms with Crippen LogP contribution in [0.3, 0.4) is 0 Å². The molecule has 0 aliphatic rings. The maximum Gasteiger partial charge on any atom is 0.245 e. The summed E-state index contributed by atoms with van der Waals surface area (Å²) in [4.78, 5) is 77.6. The highest BCUT2D eigenvalue weighted by Crippen LogP contribution is 2.06. The molecule has 0 unspecified atom stereocenters. The second kappa shape index (κ2) is 20.1. The van der Waals surface area contributed by atoms with Crippen molar-refractivity contribution in [2.45, 2.75) is 95.1 Å². The maximum atomic E-state index is 13.2. The topological polar surface area (TPSA) is 313 Å².